The maximum atomic E-state index is 12.5. The lowest BCUT2D eigenvalue weighted by Crippen LogP contribution is -2.39. The van der Waals surface area contributed by atoms with Crippen molar-refractivity contribution in [2.45, 2.75) is 51.7 Å². The van der Waals surface area contributed by atoms with Crippen molar-refractivity contribution in [3.63, 3.8) is 0 Å². The number of rotatable bonds is 5. The average Bonchev–Trinajstić information content (AvgIpc) is 2.89. The third-order valence-corrected chi connectivity index (χ3v) is 4.86. The van der Waals surface area contributed by atoms with E-state index in [1.165, 1.54) is 0 Å². The molecule has 0 spiro atoms. The minimum Gasteiger partial charge on any atom is -0.481 e. The second kappa shape index (κ2) is 5.12. The highest BCUT2D eigenvalue weighted by Crippen LogP contribution is 2.55. The van der Waals surface area contributed by atoms with E-state index in [2.05, 4.69) is 13.8 Å². The minimum absolute atomic E-state index is 0.0150. The molecule has 5 heteroatoms. The first kappa shape index (κ1) is 14.3. The molecule has 108 valence electrons. The standard InChI is InChI=1S/C14H23NO4/c1-4-14(2)7-11(14)13(18)15-8-10(19-3)5-9(15)6-12(16)17/h9-11H,4-8H2,1-3H3,(H,16,17)/t9-,10+,11+,14+/m0/s1. The van der Waals surface area contributed by atoms with Gasteiger partial charge in [0.05, 0.1) is 12.5 Å². The molecule has 0 aromatic carbocycles. The second-order valence-electron chi connectivity index (χ2n) is 6.10. The molecule has 4 atom stereocenters. The zero-order chi connectivity index (χ0) is 14.2. The number of carbonyl (C=O) groups excluding carboxylic acids is 1. The van der Waals surface area contributed by atoms with E-state index in [9.17, 15) is 9.59 Å². The zero-order valence-electron chi connectivity index (χ0n) is 11.9. The molecule has 5 nitrogen and oxygen atoms in total. The minimum atomic E-state index is -0.853. The van der Waals surface area contributed by atoms with Crippen LogP contribution in [0, 0.1) is 11.3 Å². The Morgan fingerprint density at radius 3 is 2.63 bits per heavy atom. The molecule has 1 aliphatic heterocycles. The summed E-state index contributed by atoms with van der Waals surface area (Å²) < 4.78 is 5.29. The van der Waals surface area contributed by atoms with Crippen LogP contribution in [0.15, 0.2) is 0 Å². The van der Waals surface area contributed by atoms with Gasteiger partial charge in [0, 0.05) is 25.6 Å². The largest absolute Gasteiger partial charge is 0.481 e. The van der Waals surface area contributed by atoms with Gasteiger partial charge in [0.25, 0.3) is 0 Å². The Kier molecular flexibility index (Phi) is 3.85. The predicted octanol–water partition coefficient (Wildman–Crippen LogP) is 1.51. The van der Waals surface area contributed by atoms with Crippen molar-refractivity contribution in [2.75, 3.05) is 13.7 Å². The highest BCUT2D eigenvalue weighted by Gasteiger charge is 2.55. The first-order chi connectivity index (χ1) is 8.91. The quantitative estimate of drug-likeness (QED) is 0.821. The van der Waals surface area contributed by atoms with Crippen LogP contribution in [0.25, 0.3) is 0 Å². The van der Waals surface area contributed by atoms with Gasteiger partial charge in [0.15, 0.2) is 0 Å². The molecule has 1 N–H and O–H groups in total. The Morgan fingerprint density at radius 2 is 2.16 bits per heavy atom. The number of carbonyl (C=O) groups is 2. The number of carboxylic acid groups (broad SMARTS) is 1. The van der Waals surface area contributed by atoms with Crippen molar-refractivity contribution < 1.29 is 19.4 Å². The molecule has 0 aromatic rings. The SMILES string of the molecule is CC[C@]1(C)C[C@@H]1C(=O)N1C[C@H](OC)C[C@H]1CC(=O)O. The van der Waals surface area contributed by atoms with Gasteiger partial charge in [0.2, 0.25) is 5.91 Å². The topological polar surface area (TPSA) is 66.8 Å². The number of carboxylic acids is 1. The molecule has 1 saturated carbocycles. The van der Waals surface area contributed by atoms with Gasteiger partial charge in [-0.25, -0.2) is 0 Å². The van der Waals surface area contributed by atoms with Gasteiger partial charge < -0.3 is 14.7 Å². The van der Waals surface area contributed by atoms with Crippen molar-refractivity contribution in [3.8, 4) is 0 Å². The van der Waals surface area contributed by atoms with Crippen molar-refractivity contribution >= 4 is 11.9 Å². The Hall–Kier alpha value is -1.10. The van der Waals surface area contributed by atoms with E-state index in [0.717, 1.165) is 12.8 Å². The Morgan fingerprint density at radius 1 is 1.47 bits per heavy atom. The van der Waals surface area contributed by atoms with E-state index >= 15 is 0 Å². The normalized spacial score (nSPS) is 37.4. The van der Waals surface area contributed by atoms with Gasteiger partial charge in [-0.1, -0.05) is 13.8 Å². The van der Waals surface area contributed by atoms with E-state index in [4.69, 9.17) is 9.84 Å². The van der Waals surface area contributed by atoms with E-state index < -0.39 is 5.97 Å². The Bertz CT molecular complexity index is 384. The Balaban J connectivity index is 2.04. The van der Waals surface area contributed by atoms with Gasteiger partial charge in [-0.15, -0.1) is 0 Å². The second-order valence-corrected chi connectivity index (χ2v) is 6.10. The molecule has 2 fully saturated rings. The molecular formula is C14H23NO4. The predicted molar refractivity (Wildman–Crippen MR) is 69.7 cm³/mol. The average molecular weight is 269 g/mol. The summed E-state index contributed by atoms with van der Waals surface area (Å²) in [6.07, 6.45) is 2.54. The van der Waals surface area contributed by atoms with E-state index in [1.54, 1.807) is 12.0 Å². The summed E-state index contributed by atoms with van der Waals surface area (Å²) >= 11 is 0. The fourth-order valence-electron chi connectivity index (χ4n) is 3.09. The summed E-state index contributed by atoms with van der Waals surface area (Å²) in [5, 5.41) is 8.96. The molecule has 1 aliphatic carbocycles. The monoisotopic (exact) mass is 269 g/mol. The summed E-state index contributed by atoms with van der Waals surface area (Å²) in [7, 11) is 1.61. The van der Waals surface area contributed by atoms with Crippen LogP contribution in [0.1, 0.15) is 39.5 Å². The number of ether oxygens (including phenoxy) is 1. The molecular weight excluding hydrogens is 246 g/mol. The highest BCUT2D eigenvalue weighted by atomic mass is 16.5. The third kappa shape index (κ3) is 2.76. The van der Waals surface area contributed by atoms with Crippen molar-refractivity contribution in [1.29, 1.82) is 0 Å². The fraction of sp³-hybridized carbons (Fsp3) is 0.857. The van der Waals surface area contributed by atoms with E-state index in [-0.39, 0.29) is 35.8 Å². The third-order valence-electron chi connectivity index (χ3n) is 4.86. The van der Waals surface area contributed by atoms with Crippen molar-refractivity contribution in [2.24, 2.45) is 11.3 Å². The van der Waals surface area contributed by atoms with Crippen LogP contribution in [0.3, 0.4) is 0 Å². The van der Waals surface area contributed by atoms with E-state index in [0.29, 0.717) is 13.0 Å². The van der Waals surface area contributed by atoms with Crippen LogP contribution < -0.4 is 0 Å². The lowest BCUT2D eigenvalue weighted by atomic mass is 10.0. The number of likely N-dealkylation sites (tertiary alicyclic amines) is 1. The van der Waals surface area contributed by atoms with Gasteiger partial charge in [-0.3, -0.25) is 9.59 Å². The van der Waals surface area contributed by atoms with Crippen LogP contribution in [0.2, 0.25) is 0 Å². The van der Waals surface area contributed by atoms with Crippen LogP contribution in [-0.2, 0) is 14.3 Å². The summed E-state index contributed by atoms with van der Waals surface area (Å²) in [5.74, 6) is -0.659. The van der Waals surface area contributed by atoms with Crippen LogP contribution in [0.5, 0.6) is 0 Å². The lowest BCUT2D eigenvalue weighted by molar-refractivity contribution is -0.140. The van der Waals surface area contributed by atoms with Gasteiger partial charge in [-0.05, 0) is 24.7 Å². The molecule has 1 heterocycles. The molecule has 0 aromatic heterocycles. The smallest absolute Gasteiger partial charge is 0.305 e. The first-order valence-corrected chi connectivity index (χ1v) is 6.96. The number of aliphatic carboxylic acids is 1. The van der Waals surface area contributed by atoms with Crippen LogP contribution in [0.4, 0.5) is 0 Å². The maximum Gasteiger partial charge on any atom is 0.305 e. The number of hydrogen-bond donors (Lipinski definition) is 1. The molecule has 1 saturated heterocycles. The molecule has 2 aliphatic rings. The summed E-state index contributed by atoms with van der Waals surface area (Å²) in [5.41, 5.74) is 0.121. The maximum absolute atomic E-state index is 12.5. The van der Waals surface area contributed by atoms with Crippen LogP contribution >= 0.6 is 0 Å². The zero-order valence-corrected chi connectivity index (χ0v) is 11.9. The lowest BCUT2D eigenvalue weighted by Gasteiger charge is -2.24. The Labute approximate surface area is 113 Å². The highest BCUT2D eigenvalue weighted by molar-refractivity contribution is 5.84. The number of hydrogen-bond acceptors (Lipinski definition) is 3. The number of amides is 1. The number of methoxy groups -OCH3 is 1. The van der Waals surface area contributed by atoms with E-state index in [1.807, 2.05) is 0 Å². The summed E-state index contributed by atoms with van der Waals surface area (Å²) in [6, 6.07) is -0.211. The molecule has 0 radical (unpaired) electrons. The molecule has 19 heavy (non-hydrogen) atoms. The molecule has 2 rings (SSSR count). The number of nitrogens with zero attached hydrogens (tertiary/aromatic N) is 1. The van der Waals surface area contributed by atoms with Gasteiger partial charge >= 0.3 is 5.97 Å². The molecule has 0 bridgehead atoms. The molecule has 0 unspecified atom stereocenters. The van der Waals surface area contributed by atoms with Crippen molar-refractivity contribution in [1.82, 2.24) is 4.90 Å². The van der Waals surface area contributed by atoms with Crippen molar-refractivity contribution in [3.05, 3.63) is 0 Å². The van der Waals surface area contributed by atoms with Gasteiger partial charge in [0.1, 0.15) is 0 Å². The fourth-order valence-corrected chi connectivity index (χ4v) is 3.09. The van der Waals surface area contributed by atoms with Crippen LogP contribution in [-0.4, -0.2) is 47.7 Å². The van der Waals surface area contributed by atoms with Gasteiger partial charge in [-0.2, -0.15) is 0 Å². The molecule has 1 amide bonds. The first-order valence-electron chi connectivity index (χ1n) is 6.96. The summed E-state index contributed by atoms with van der Waals surface area (Å²) in [6.45, 7) is 4.76. The summed E-state index contributed by atoms with van der Waals surface area (Å²) in [4.78, 5) is 25.2.